The van der Waals surface area contributed by atoms with Crippen LogP contribution in [-0.2, 0) is 9.59 Å². The zero-order chi connectivity index (χ0) is 16.0. The first-order valence-electron chi connectivity index (χ1n) is 7.40. The summed E-state index contributed by atoms with van der Waals surface area (Å²) >= 11 is 0. The molecule has 0 aliphatic carbocycles. The van der Waals surface area contributed by atoms with Crippen molar-refractivity contribution in [2.75, 3.05) is 34.2 Å². The third-order valence-corrected chi connectivity index (χ3v) is 3.86. The first-order chi connectivity index (χ1) is 9.02. The van der Waals surface area contributed by atoms with E-state index in [2.05, 4.69) is 26.5 Å². The fraction of sp³-hybridized carbons (Fsp3) is 0.882. The monoisotopic (exact) mass is 318 g/mol. The van der Waals surface area contributed by atoms with Gasteiger partial charge in [-0.1, -0.05) is 35.6 Å². The van der Waals surface area contributed by atoms with Crippen LogP contribution < -0.4 is 11.1 Å². The Hall–Kier alpha value is -1.10. The van der Waals surface area contributed by atoms with Gasteiger partial charge in [0.05, 0.1) is 27.7 Å². The van der Waals surface area contributed by atoms with E-state index in [4.69, 9.17) is 5.73 Å². The lowest BCUT2D eigenvalue weighted by Crippen LogP contribution is -2.43. The second-order valence-electron chi connectivity index (χ2n) is 7.05. The van der Waals surface area contributed by atoms with Gasteiger partial charge in [-0.05, 0) is 12.8 Å². The highest BCUT2D eigenvalue weighted by Crippen LogP contribution is 2.30. The van der Waals surface area contributed by atoms with Gasteiger partial charge in [0.15, 0.2) is 0 Å². The van der Waals surface area contributed by atoms with E-state index < -0.39 is 5.41 Å². The molecule has 0 aromatic carbocycles. The molecule has 5 nitrogen and oxygen atoms in total. The number of nitrogens with one attached hydrogen (secondary N) is 1. The number of quaternary nitrogens is 1. The molecule has 0 saturated heterocycles. The van der Waals surface area contributed by atoms with Crippen molar-refractivity contribution in [2.24, 2.45) is 17.1 Å². The van der Waals surface area contributed by atoms with Crippen LogP contribution >= 0.6 is 0 Å². The van der Waals surface area contributed by atoms with Crippen LogP contribution in [0.3, 0.4) is 0 Å². The predicted octanol–water partition coefficient (Wildman–Crippen LogP) is 2.40. The zero-order valence-electron chi connectivity index (χ0n) is 14.0. The van der Waals surface area contributed by atoms with Gasteiger partial charge in [0, 0.05) is 24.3 Å². The Kier molecular flexibility index (Phi) is 12.4. The van der Waals surface area contributed by atoms with E-state index >= 15 is 0 Å². The molecule has 22 heavy (non-hydrogen) atoms. The first-order valence-corrected chi connectivity index (χ1v) is 7.40. The summed E-state index contributed by atoms with van der Waals surface area (Å²) in [4.78, 5) is 23.5. The number of rotatable bonds is 9. The van der Waals surface area contributed by atoms with Crippen LogP contribution in [0.2, 0.25) is 0 Å². The molecule has 0 spiro atoms. The number of nitrogens with zero attached hydrogens (tertiary/aromatic N) is 1. The summed E-state index contributed by atoms with van der Waals surface area (Å²) in [5.74, 6) is -0.603. The van der Waals surface area contributed by atoms with Gasteiger partial charge < -0.3 is 15.5 Å². The average Bonchev–Trinajstić information content (AvgIpc) is 2.32. The van der Waals surface area contributed by atoms with E-state index in [0.29, 0.717) is 19.4 Å². The molecular formula is C17H40N3O2+. The van der Waals surface area contributed by atoms with Gasteiger partial charge in [0.2, 0.25) is 11.8 Å². The molecule has 0 aliphatic rings. The molecular weight excluding hydrogens is 278 g/mol. The summed E-state index contributed by atoms with van der Waals surface area (Å²) in [6, 6.07) is 0. The van der Waals surface area contributed by atoms with Gasteiger partial charge in [-0.25, -0.2) is 0 Å². The van der Waals surface area contributed by atoms with Crippen LogP contribution in [0.15, 0.2) is 0 Å². The van der Waals surface area contributed by atoms with Crippen molar-refractivity contribution >= 4 is 11.8 Å². The Morgan fingerprint density at radius 1 is 1.23 bits per heavy atom. The van der Waals surface area contributed by atoms with E-state index in [-0.39, 0.29) is 32.6 Å². The van der Waals surface area contributed by atoms with E-state index in [0.717, 1.165) is 17.4 Å². The van der Waals surface area contributed by atoms with Crippen molar-refractivity contribution < 1.29 is 14.1 Å². The number of hydrogen-bond acceptors (Lipinski definition) is 2. The van der Waals surface area contributed by atoms with Gasteiger partial charge in [-0.3, -0.25) is 9.59 Å². The van der Waals surface area contributed by atoms with E-state index in [1.165, 1.54) is 0 Å². The Balaban J connectivity index is -0.00000180. The number of hydrogen-bond donors (Lipinski definition) is 2. The Labute approximate surface area is 138 Å². The summed E-state index contributed by atoms with van der Waals surface area (Å²) in [6.07, 6.45) is 2.15. The fourth-order valence-electron chi connectivity index (χ4n) is 2.14. The van der Waals surface area contributed by atoms with Gasteiger partial charge in [-0.2, -0.15) is 0 Å². The smallest absolute Gasteiger partial charge is 0.225 e. The van der Waals surface area contributed by atoms with E-state index in [9.17, 15) is 9.59 Å². The normalized spacial score (nSPS) is 14.8. The molecule has 5 heteroatoms. The average molecular weight is 319 g/mol. The molecule has 134 valence electrons. The lowest BCUT2D eigenvalue weighted by molar-refractivity contribution is -0.870. The summed E-state index contributed by atoms with van der Waals surface area (Å²) in [5, 5.41) is 2.99. The molecule has 0 aromatic rings. The van der Waals surface area contributed by atoms with Crippen molar-refractivity contribution in [3.8, 4) is 0 Å². The maximum atomic E-state index is 12.3. The molecule has 0 fully saturated rings. The molecule has 2 unspecified atom stereocenters. The minimum atomic E-state index is -0.523. The van der Waals surface area contributed by atoms with Crippen LogP contribution in [0.5, 0.6) is 0 Å². The molecule has 0 aliphatic heterocycles. The van der Waals surface area contributed by atoms with Crippen LogP contribution in [0.25, 0.3) is 0 Å². The van der Waals surface area contributed by atoms with Gasteiger partial charge in [0.25, 0.3) is 0 Å². The number of carbonyl (C=O) groups excluding carboxylic acids is 2. The Bertz CT molecular complexity index is 337. The van der Waals surface area contributed by atoms with Gasteiger partial charge >= 0.3 is 0 Å². The summed E-state index contributed by atoms with van der Waals surface area (Å²) < 4.78 is 0.889. The SMILES string of the molecule is C.C.CCC(C)(CC(C)C(N)=O)C(=O)NCCC[N+](C)(C)C. The maximum Gasteiger partial charge on any atom is 0.225 e. The Morgan fingerprint density at radius 3 is 2.09 bits per heavy atom. The van der Waals surface area contributed by atoms with Crippen molar-refractivity contribution in [1.29, 1.82) is 0 Å². The Morgan fingerprint density at radius 2 is 1.73 bits per heavy atom. The van der Waals surface area contributed by atoms with Crippen LogP contribution in [-0.4, -0.2) is 50.5 Å². The minimum absolute atomic E-state index is 0. The molecule has 0 radical (unpaired) electrons. The highest BCUT2D eigenvalue weighted by atomic mass is 16.2. The third kappa shape index (κ3) is 9.77. The molecule has 0 saturated carbocycles. The lowest BCUT2D eigenvalue weighted by Gasteiger charge is -2.29. The third-order valence-electron chi connectivity index (χ3n) is 3.86. The number of nitrogens with two attached hydrogens (primary N) is 1. The topological polar surface area (TPSA) is 72.2 Å². The van der Waals surface area contributed by atoms with Gasteiger partial charge in [-0.15, -0.1) is 0 Å². The van der Waals surface area contributed by atoms with Crippen molar-refractivity contribution in [3.63, 3.8) is 0 Å². The molecule has 0 rings (SSSR count). The first kappa shape index (κ1) is 25.8. The maximum absolute atomic E-state index is 12.3. The number of primary amides is 1. The predicted molar refractivity (Wildman–Crippen MR) is 95.4 cm³/mol. The fourth-order valence-corrected chi connectivity index (χ4v) is 2.14. The minimum Gasteiger partial charge on any atom is -0.369 e. The van der Waals surface area contributed by atoms with Crippen LogP contribution in [0.1, 0.15) is 54.9 Å². The van der Waals surface area contributed by atoms with Crippen LogP contribution in [0, 0.1) is 11.3 Å². The molecule has 2 atom stereocenters. The summed E-state index contributed by atoms with van der Waals surface area (Å²) in [6.45, 7) is 7.34. The van der Waals surface area contributed by atoms with Crippen molar-refractivity contribution in [2.45, 2.75) is 54.9 Å². The van der Waals surface area contributed by atoms with Crippen molar-refractivity contribution in [3.05, 3.63) is 0 Å². The van der Waals surface area contributed by atoms with E-state index in [1.54, 1.807) is 6.92 Å². The second kappa shape index (κ2) is 10.6. The summed E-state index contributed by atoms with van der Waals surface area (Å²) in [7, 11) is 6.39. The van der Waals surface area contributed by atoms with E-state index in [1.807, 2.05) is 13.8 Å². The molecule has 3 N–H and O–H groups in total. The molecule has 0 heterocycles. The second-order valence-corrected chi connectivity index (χ2v) is 7.05. The molecule has 0 aromatic heterocycles. The lowest BCUT2D eigenvalue weighted by atomic mass is 9.78. The summed E-state index contributed by atoms with van der Waals surface area (Å²) in [5.41, 5.74) is 4.77. The van der Waals surface area contributed by atoms with Crippen molar-refractivity contribution in [1.82, 2.24) is 5.32 Å². The highest BCUT2D eigenvalue weighted by molar-refractivity contribution is 5.83. The van der Waals surface area contributed by atoms with Gasteiger partial charge in [0.1, 0.15) is 0 Å². The largest absolute Gasteiger partial charge is 0.369 e. The highest BCUT2D eigenvalue weighted by Gasteiger charge is 2.34. The number of carbonyl (C=O) groups is 2. The molecule has 0 bridgehead atoms. The molecule has 2 amide bonds. The number of amides is 2. The van der Waals surface area contributed by atoms with Crippen LogP contribution in [0.4, 0.5) is 0 Å². The zero-order valence-corrected chi connectivity index (χ0v) is 14.0. The standard InChI is InChI=1S/C15H31N3O2.2CH4/c1-7-15(3,11-12(2)13(16)19)14(20)17-9-8-10-18(4,5)6;;/h12H,7-11H2,1-6H3,(H2-,16,17,19,20);2*1H4/p+1. The quantitative estimate of drug-likeness (QED) is 0.506.